The molecule has 0 bridgehead atoms. The summed E-state index contributed by atoms with van der Waals surface area (Å²) in [6, 6.07) is 9.34. The number of aryl methyl sites for hydroxylation is 1. The summed E-state index contributed by atoms with van der Waals surface area (Å²) in [6.07, 6.45) is 3.11. The maximum atomic E-state index is 4.83. The first-order valence-corrected chi connectivity index (χ1v) is 9.67. The number of anilines is 1. The molecule has 1 aromatic carbocycles. The Bertz CT molecular complexity index is 788. The second-order valence-electron chi connectivity index (χ2n) is 7.69. The van der Waals surface area contributed by atoms with Crippen LogP contribution in [0.1, 0.15) is 28.2 Å². The third-order valence-corrected chi connectivity index (χ3v) is 5.74. The molecule has 0 aliphatic carbocycles. The summed E-state index contributed by atoms with van der Waals surface area (Å²) < 4.78 is 0. The predicted octanol–water partition coefficient (Wildman–Crippen LogP) is 1.97. The van der Waals surface area contributed by atoms with E-state index in [0.717, 1.165) is 57.1 Å². The number of fused-ring (bicyclic) bond motifs is 2. The van der Waals surface area contributed by atoms with Gasteiger partial charge in [-0.3, -0.25) is 4.90 Å². The molecule has 26 heavy (non-hydrogen) atoms. The van der Waals surface area contributed by atoms with E-state index in [2.05, 4.69) is 53.5 Å². The van der Waals surface area contributed by atoms with Crippen LogP contribution >= 0.6 is 0 Å². The standard InChI is InChI=1S/C21H29N5/c1-15-23-20-9-11-22-10-8-19(20)21(24-15)26(3)14-18-12-16-6-4-5-7-17(16)13-25(18)2/h4-7,18,22H,8-14H2,1-3H3. The Morgan fingerprint density at radius 2 is 1.92 bits per heavy atom. The second kappa shape index (κ2) is 7.33. The van der Waals surface area contributed by atoms with E-state index in [4.69, 9.17) is 9.97 Å². The minimum Gasteiger partial charge on any atom is -0.358 e. The Hall–Kier alpha value is -1.98. The van der Waals surface area contributed by atoms with Crippen LogP contribution in [0, 0.1) is 6.92 Å². The topological polar surface area (TPSA) is 44.3 Å². The number of nitrogens with zero attached hydrogens (tertiary/aromatic N) is 4. The summed E-state index contributed by atoms with van der Waals surface area (Å²) in [5.74, 6) is 2.01. The van der Waals surface area contributed by atoms with Crippen molar-refractivity contribution in [3.05, 3.63) is 52.5 Å². The number of nitrogens with one attached hydrogen (secondary N) is 1. The molecule has 0 saturated carbocycles. The van der Waals surface area contributed by atoms with Crippen LogP contribution in [0.3, 0.4) is 0 Å². The van der Waals surface area contributed by atoms with E-state index in [1.165, 1.54) is 22.4 Å². The highest BCUT2D eigenvalue weighted by atomic mass is 15.2. The molecule has 0 spiro atoms. The molecule has 5 heteroatoms. The minimum absolute atomic E-state index is 0.504. The van der Waals surface area contributed by atoms with Crippen molar-refractivity contribution in [2.24, 2.45) is 0 Å². The summed E-state index contributed by atoms with van der Waals surface area (Å²) in [7, 11) is 4.43. The summed E-state index contributed by atoms with van der Waals surface area (Å²) in [5, 5.41) is 3.48. The molecule has 0 amide bonds. The normalized spacial score (nSPS) is 20.2. The van der Waals surface area contributed by atoms with Gasteiger partial charge in [-0.05, 0) is 44.5 Å². The van der Waals surface area contributed by atoms with Gasteiger partial charge in [-0.15, -0.1) is 0 Å². The molecule has 2 aliphatic rings. The van der Waals surface area contributed by atoms with E-state index >= 15 is 0 Å². The molecule has 1 atom stereocenters. The lowest BCUT2D eigenvalue weighted by atomic mass is 9.94. The molecule has 2 aromatic rings. The SMILES string of the molecule is Cc1nc2c(c(N(C)CC3Cc4ccccc4CN3C)n1)CCNCC2. The van der Waals surface area contributed by atoms with Crippen molar-refractivity contribution in [2.45, 2.75) is 38.8 Å². The highest BCUT2D eigenvalue weighted by molar-refractivity contribution is 5.50. The number of rotatable bonds is 3. The predicted molar refractivity (Wildman–Crippen MR) is 106 cm³/mol. The first kappa shape index (κ1) is 17.4. The highest BCUT2D eigenvalue weighted by Gasteiger charge is 2.26. The van der Waals surface area contributed by atoms with E-state index in [0.29, 0.717) is 6.04 Å². The molecule has 1 N–H and O–H groups in total. The molecule has 0 fully saturated rings. The van der Waals surface area contributed by atoms with Gasteiger partial charge >= 0.3 is 0 Å². The monoisotopic (exact) mass is 351 g/mol. The zero-order valence-electron chi connectivity index (χ0n) is 16.1. The van der Waals surface area contributed by atoms with Crippen LogP contribution in [0.25, 0.3) is 0 Å². The van der Waals surface area contributed by atoms with Gasteiger partial charge in [0.15, 0.2) is 0 Å². The van der Waals surface area contributed by atoms with Gasteiger partial charge < -0.3 is 10.2 Å². The Morgan fingerprint density at radius 1 is 1.15 bits per heavy atom. The molecule has 1 unspecified atom stereocenters. The molecule has 3 heterocycles. The van der Waals surface area contributed by atoms with Crippen molar-refractivity contribution in [1.29, 1.82) is 0 Å². The largest absolute Gasteiger partial charge is 0.358 e. The maximum Gasteiger partial charge on any atom is 0.135 e. The zero-order chi connectivity index (χ0) is 18.1. The first-order valence-electron chi connectivity index (χ1n) is 9.67. The van der Waals surface area contributed by atoms with Crippen LogP contribution in [0.15, 0.2) is 24.3 Å². The van der Waals surface area contributed by atoms with Gasteiger partial charge in [-0.25, -0.2) is 9.97 Å². The average molecular weight is 351 g/mol. The fraction of sp³-hybridized carbons (Fsp3) is 0.524. The van der Waals surface area contributed by atoms with E-state index in [1.54, 1.807) is 0 Å². The number of benzene rings is 1. The third kappa shape index (κ3) is 3.46. The van der Waals surface area contributed by atoms with Crippen molar-refractivity contribution < 1.29 is 0 Å². The Labute approximate surface area is 156 Å². The van der Waals surface area contributed by atoms with E-state index < -0.39 is 0 Å². The van der Waals surface area contributed by atoms with Gasteiger partial charge in [-0.2, -0.15) is 0 Å². The van der Waals surface area contributed by atoms with Crippen molar-refractivity contribution in [2.75, 3.05) is 38.6 Å². The van der Waals surface area contributed by atoms with Crippen LogP contribution < -0.4 is 10.2 Å². The van der Waals surface area contributed by atoms with Crippen LogP contribution in [0.2, 0.25) is 0 Å². The molecule has 4 rings (SSSR count). The van der Waals surface area contributed by atoms with Crippen molar-refractivity contribution >= 4 is 5.82 Å². The zero-order valence-corrected chi connectivity index (χ0v) is 16.1. The molecule has 1 aromatic heterocycles. The van der Waals surface area contributed by atoms with Crippen LogP contribution in [-0.4, -0.2) is 54.6 Å². The van der Waals surface area contributed by atoms with Gasteiger partial charge in [0.2, 0.25) is 0 Å². The number of hydrogen-bond acceptors (Lipinski definition) is 5. The summed E-state index contributed by atoms with van der Waals surface area (Å²) >= 11 is 0. The summed E-state index contributed by atoms with van der Waals surface area (Å²) in [5.41, 5.74) is 5.52. The van der Waals surface area contributed by atoms with Crippen molar-refractivity contribution in [1.82, 2.24) is 20.2 Å². The molecule has 0 saturated heterocycles. The van der Waals surface area contributed by atoms with Crippen molar-refractivity contribution in [3.63, 3.8) is 0 Å². The lowest BCUT2D eigenvalue weighted by Gasteiger charge is -2.37. The Kier molecular flexibility index (Phi) is 4.92. The van der Waals surface area contributed by atoms with Gasteiger partial charge in [0.1, 0.15) is 11.6 Å². The Balaban J connectivity index is 1.57. The fourth-order valence-electron chi connectivity index (χ4n) is 4.29. The molecule has 2 aliphatic heterocycles. The molecule has 138 valence electrons. The molecule has 5 nitrogen and oxygen atoms in total. The number of hydrogen-bond donors (Lipinski definition) is 1. The first-order chi connectivity index (χ1) is 12.6. The molecular formula is C21H29N5. The lowest BCUT2D eigenvalue weighted by molar-refractivity contribution is 0.219. The quantitative estimate of drug-likeness (QED) is 0.916. The lowest BCUT2D eigenvalue weighted by Crippen LogP contribution is -2.45. The second-order valence-corrected chi connectivity index (χ2v) is 7.69. The highest BCUT2D eigenvalue weighted by Crippen LogP contribution is 2.26. The summed E-state index contributed by atoms with van der Waals surface area (Å²) in [4.78, 5) is 14.4. The van der Waals surface area contributed by atoms with Gasteiger partial charge in [0, 0.05) is 44.7 Å². The minimum atomic E-state index is 0.504. The third-order valence-electron chi connectivity index (χ3n) is 5.74. The smallest absolute Gasteiger partial charge is 0.135 e. The summed E-state index contributed by atoms with van der Waals surface area (Å²) in [6.45, 7) is 6.05. The number of aromatic nitrogens is 2. The van der Waals surface area contributed by atoms with Crippen molar-refractivity contribution in [3.8, 4) is 0 Å². The van der Waals surface area contributed by atoms with E-state index in [-0.39, 0.29) is 0 Å². The molecule has 0 radical (unpaired) electrons. The fourth-order valence-corrected chi connectivity index (χ4v) is 4.29. The maximum absolute atomic E-state index is 4.83. The van der Waals surface area contributed by atoms with Gasteiger partial charge in [0.25, 0.3) is 0 Å². The van der Waals surface area contributed by atoms with Crippen LogP contribution in [0.4, 0.5) is 5.82 Å². The van der Waals surface area contributed by atoms with Gasteiger partial charge in [0.05, 0.1) is 5.69 Å². The van der Waals surface area contributed by atoms with E-state index in [9.17, 15) is 0 Å². The van der Waals surface area contributed by atoms with Crippen LogP contribution in [0.5, 0.6) is 0 Å². The Morgan fingerprint density at radius 3 is 2.77 bits per heavy atom. The average Bonchev–Trinajstić information content (AvgIpc) is 2.87. The number of likely N-dealkylation sites (N-methyl/N-ethyl adjacent to an activating group) is 2. The molecular weight excluding hydrogens is 322 g/mol. The van der Waals surface area contributed by atoms with E-state index in [1.807, 2.05) is 6.92 Å². The van der Waals surface area contributed by atoms with Crippen LogP contribution in [-0.2, 0) is 25.8 Å². The van der Waals surface area contributed by atoms with Gasteiger partial charge in [-0.1, -0.05) is 24.3 Å².